The zero-order chi connectivity index (χ0) is 10.4. The van der Waals surface area contributed by atoms with Crippen LogP contribution >= 0.6 is 0 Å². The minimum absolute atomic E-state index is 0.207. The van der Waals surface area contributed by atoms with Gasteiger partial charge in [-0.25, -0.2) is 4.39 Å². The Morgan fingerprint density at radius 2 is 2.27 bits per heavy atom. The second-order valence-electron chi connectivity index (χ2n) is 4.05. The number of hydrogen-bond acceptors (Lipinski definition) is 1. The molecule has 0 saturated heterocycles. The molecule has 15 heavy (non-hydrogen) atoms. The molecule has 0 fully saturated rings. The van der Waals surface area contributed by atoms with Gasteiger partial charge in [-0.3, -0.25) is 0 Å². The molecule has 0 bridgehead atoms. The second-order valence-corrected chi connectivity index (χ2v) is 4.05. The van der Waals surface area contributed by atoms with Gasteiger partial charge in [0.15, 0.2) is 0 Å². The van der Waals surface area contributed by atoms with E-state index in [9.17, 15) is 9.50 Å². The van der Waals surface area contributed by atoms with E-state index in [1.165, 1.54) is 6.07 Å². The van der Waals surface area contributed by atoms with Crippen molar-refractivity contribution in [2.24, 2.45) is 0 Å². The highest BCUT2D eigenvalue weighted by Gasteiger charge is 2.21. The maximum Gasteiger partial charge on any atom is 0.132 e. The summed E-state index contributed by atoms with van der Waals surface area (Å²) in [5, 5.41) is 10.4. The summed E-state index contributed by atoms with van der Waals surface area (Å²) in [5.41, 5.74) is 1.74. The summed E-state index contributed by atoms with van der Waals surface area (Å²) in [7, 11) is 0. The van der Waals surface area contributed by atoms with Crippen LogP contribution < -0.4 is 0 Å². The number of aryl methyl sites for hydroxylation is 1. The molecular formula is C12H12FNO. The number of hydrogen-bond donors (Lipinski definition) is 1. The van der Waals surface area contributed by atoms with Crippen LogP contribution in [-0.2, 0) is 6.54 Å². The predicted molar refractivity (Wildman–Crippen MR) is 56.1 cm³/mol. The number of halogens is 1. The van der Waals surface area contributed by atoms with Gasteiger partial charge in [-0.05, 0) is 31.0 Å². The quantitative estimate of drug-likeness (QED) is 0.702. The van der Waals surface area contributed by atoms with E-state index in [2.05, 4.69) is 0 Å². The lowest BCUT2D eigenvalue weighted by Crippen LogP contribution is -2.14. The summed E-state index contributed by atoms with van der Waals surface area (Å²) >= 11 is 0. The maximum absolute atomic E-state index is 13.5. The van der Waals surface area contributed by atoms with Crippen molar-refractivity contribution >= 4 is 10.9 Å². The SMILES string of the molecule is OC1CCCn2c1cc1c(F)cccc12. The molecule has 3 rings (SSSR count). The van der Waals surface area contributed by atoms with E-state index in [4.69, 9.17) is 0 Å². The highest BCUT2D eigenvalue weighted by molar-refractivity contribution is 5.82. The van der Waals surface area contributed by atoms with E-state index >= 15 is 0 Å². The van der Waals surface area contributed by atoms with Gasteiger partial charge in [-0.1, -0.05) is 6.07 Å². The summed E-state index contributed by atoms with van der Waals surface area (Å²) in [6.45, 7) is 0.874. The first-order valence-electron chi connectivity index (χ1n) is 5.23. The van der Waals surface area contributed by atoms with Crippen LogP contribution in [0.25, 0.3) is 10.9 Å². The van der Waals surface area contributed by atoms with Crippen LogP contribution in [0.4, 0.5) is 4.39 Å². The minimum Gasteiger partial charge on any atom is -0.387 e. The zero-order valence-corrected chi connectivity index (χ0v) is 8.28. The lowest BCUT2D eigenvalue weighted by molar-refractivity contribution is 0.140. The smallest absolute Gasteiger partial charge is 0.132 e. The first kappa shape index (κ1) is 8.92. The Kier molecular flexibility index (Phi) is 1.83. The summed E-state index contributed by atoms with van der Waals surface area (Å²) in [6.07, 6.45) is 1.29. The van der Waals surface area contributed by atoms with Crippen molar-refractivity contribution in [3.63, 3.8) is 0 Å². The van der Waals surface area contributed by atoms with Crippen LogP contribution in [0, 0.1) is 5.82 Å². The van der Waals surface area contributed by atoms with E-state index in [1.807, 2.05) is 10.6 Å². The van der Waals surface area contributed by atoms with Crippen molar-refractivity contribution in [1.82, 2.24) is 4.57 Å². The Bertz CT molecular complexity index is 518. The molecule has 1 unspecified atom stereocenters. The average molecular weight is 205 g/mol. The molecule has 0 spiro atoms. The molecule has 1 N–H and O–H groups in total. The van der Waals surface area contributed by atoms with Crippen molar-refractivity contribution in [2.75, 3.05) is 0 Å². The Labute approximate surface area is 86.9 Å². The van der Waals surface area contributed by atoms with Crippen molar-refractivity contribution < 1.29 is 9.50 Å². The maximum atomic E-state index is 13.5. The van der Waals surface area contributed by atoms with Crippen LogP contribution in [0.5, 0.6) is 0 Å². The van der Waals surface area contributed by atoms with Gasteiger partial charge in [0.1, 0.15) is 5.82 Å². The molecule has 78 valence electrons. The molecule has 2 heterocycles. The fraction of sp³-hybridized carbons (Fsp3) is 0.333. The highest BCUT2D eigenvalue weighted by Crippen LogP contribution is 2.32. The van der Waals surface area contributed by atoms with Crippen LogP contribution in [0.15, 0.2) is 24.3 Å². The van der Waals surface area contributed by atoms with Crippen LogP contribution in [0.2, 0.25) is 0 Å². The lowest BCUT2D eigenvalue weighted by atomic mass is 10.1. The van der Waals surface area contributed by atoms with Gasteiger partial charge in [-0.15, -0.1) is 0 Å². The standard InChI is InChI=1S/C12H12FNO/c13-9-3-1-4-10-8(9)7-11-12(15)5-2-6-14(10)11/h1,3-4,7,12,15H,2,5-6H2. The third-order valence-electron chi connectivity index (χ3n) is 3.13. The van der Waals surface area contributed by atoms with Crippen molar-refractivity contribution in [2.45, 2.75) is 25.5 Å². The van der Waals surface area contributed by atoms with Gasteiger partial charge in [0.05, 0.1) is 11.6 Å². The largest absolute Gasteiger partial charge is 0.387 e. The van der Waals surface area contributed by atoms with E-state index < -0.39 is 6.10 Å². The molecule has 1 aliphatic heterocycles. The number of rotatable bonds is 0. The van der Waals surface area contributed by atoms with Crippen molar-refractivity contribution in [1.29, 1.82) is 0 Å². The summed E-state index contributed by atoms with van der Waals surface area (Å²) in [4.78, 5) is 0. The summed E-state index contributed by atoms with van der Waals surface area (Å²) < 4.78 is 15.5. The van der Waals surface area contributed by atoms with Crippen LogP contribution in [0.3, 0.4) is 0 Å². The number of nitrogens with zero attached hydrogens (tertiary/aromatic N) is 1. The summed E-state index contributed by atoms with van der Waals surface area (Å²) in [6, 6.07) is 6.85. The fourth-order valence-electron chi connectivity index (χ4n) is 2.39. The second kappa shape index (κ2) is 3.07. The number of aromatic nitrogens is 1. The third-order valence-corrected chi connectivity index (χ3v) is 3.13. The van der Waals surface area contributed by atoms with Crippen molar-refractivity contribution in [3.05, 3.63) is 35.8 Å². The molecule has 1 aromatic carbocycles. The van der Waals surface area contributed by atoms with Gasteiger partial charge < -0.3 is 9.67 Å². The number of aliphatic hydroxyl groups is 1. The van der Waals surface area contributed by atoms with Gasteiger partial charge in [0.2, 0.25) is 0 Å². The monoisotopic (exact) mass is 205 g/mol. The van der Waals surface area contributed by atoms with Gasteiger partial charge in [0, 0.05) is 17.6 Å². The third kappa shape index (κ3) is 1.20. The summed E-state index contributed by atoms with van der Waals surface area (Å²) in [5.74, 6) is -0.207. The molecule has 0 radical (unpaired) electrons. The van der Waals surface area contributed by atoms with Crippen LogP contribution in [0.1, 0.15) is 24.6 Å². The Hall–Kier alpha value is -1.35. The molecule has 0 amide bonds. The minimum atomic E-state index is -0.439. The normalized spacial score (nSPS) is 20.5. The van der Waals surface area contributed by atoms with Gasteiger partial charge >= 0.3 is 0 Å². The van der Waals surface area contributed by atoms with E-state index in [-0.39, 0.29) is 5.82 Å². The predicted octanol–water partition coefficient (Wildman–Crippen LogP) is 2.61. The Morgan fingerprint density at radius 1 is 1.40 bits per heavy atom. The lowest BCUT2D eigenvalue weighted by Gasteiger charge is -2.20. The zero-order valence-electron chi connectivity index (χ0n) is 8.28. The van der Waals surface area contributed by atoms with Crippen LogP contribution in [-0.4, -0.2) is 9.67 Å². The molecule has 1 aliphatic rings. The molecule has 2 nitrogen and oxygen atoms in total. The first-order chi connectivity index (χ1) is 7.27. The van der Waals surface area contributed by atoms with Crippen molar-refractivity contribution in [3.8, 4) is 0 Å². The molecule has 0 saturated carbocycles. The fourth-order valence-corrected chi connectivity index (χ4v) is 2.39. The number of benzene rings is 1. The first-order valence-corrected chi connectivity index (χ1v) is 5.23. The number of fused-ring (bicyclic) bond motifs is 3. The van der Waals surface area contributed by atoms with E-state index in [0.29, 0.717) is 5.39 Å². The van der Waals surface area contributed by atoms with Gasteiger partial charge in [0.25, 0.3) is 0 Å². The molecular weight excluding hydrogens is 193 g/mol. The molecule has 0 aliphatic carbocycles. The number of aliphatic hydroxyl groups excluding tert-OH is 1. The van der Waals surface area contributed by atoms with E-state index in [1.54, 1.807) is 12.1 Å². The van der Waals surface area contributed by atoms with Gasteiger partial charge in [-0.2, -0.15) is 0 Å². The average Bonchev–Trinajstić information content (AvgIpc) is 2.60. The molecule has 1 atom stereocenters. The highest BCUT2D eigenvalue weighted by atomic mass is 19.1. The topological polar surface area (TPSA) is 25.2 Å². The molecule has 2 aromatic rings. The Morgan fingerprint density at radius 3 is 3.13 bits per heavy atom. The molecule has 3 heteroatoms. The molecule has 1 aromatic heterocycles. The van der Waals surface area contributed by atoms with E-state index in [0.717, 1.165) is 30.6 Å². The Balaban J connectivity index is 2.35.